The molecule has 2 aromatic carbocycles. The van der Waals surface area contributed by atoms with Crippen molar-refractivity contribution >= 4 is 11.6 Å². The Bertz CT molecular complexity index is 849. The van der Waals surface area contributed by atoms with Crippen molar-refractivity contribution in [2.24, 2.45) is 0 Å². The highest BCUT2D eigenvalue weighted by molar-refractivity contribution is 5.91. The van der Waals surface area contributed by atoms with Crippen molar-refractivity contribution in [3.8, 4) is 5.75 Å². The Balaban J connectivity index is 1.52. The van der Waals surface area contributed by atoms with Crippen molar-refractivity contribution in [3.63, 3.8) is 0 Å². The van der Waals surface area contributed by atoms with Crippen LogP contribution in [0.4, 0.5) is 14.5 Å². The molecule has 128 valence electrons. The number of nitrogens with one attached hydrogen (secondary N) is 1. The molecule has 0 bridgehead atoms. The second-order valence-corrected chi connectivity index (χ2v) is 5.34. The minimum absolute atomic E-state index is 0.174. The van der Waals surface area contributed by atoms with E-state index in [0.717, 1.165) is 17.7 Å². The predicted octanol–water partition coefficient (Wildman–Crippen LogP) is 3.23. The first-order valence-corrected chi connectivity index (χ1v) is 7.52. The van der Waals surface area contributed by atoms with Crippen LogP contribution in [0, 0.1) is 11.6 Å². The summed E-state index contributed by atoms with van der Waals surface area (Å²) in [5, 5.41) is 2.65. The summed E-state index contributed by atoms with van der Waals surface area (Å²) in [6, 6.07) is 10.2. The maximum Gasteiger partial charge on any atom is 0.262 e. The lowest BCUT2D eigenvalue weighted by atomic mass is 10.2. The summed E-state index contributed by atoms with van der Waals surface area (Å²) in [6.07, 6.45) is 5.29. The fourth-order valence-electron chi connectivity index (χ4n) is 2.22. The first-order valence-electron chi connectivity index (χ1n) is 7.52. The van der Waals surface area contributed by atoms with Crippen LogP contribution >= 0.6 is 0 Å². The lowest BCUT2D eigenvalue weighted by molar-refractivity contribution is -0.118. The average Bonchev–Trinajstić information content (AvgIpc) is 3.09. The molecule has 0 aliphatic carbocycles. The van der Waals surface area contributed by atoms with E-state index in [0.29, 0.717) is 18.3 Å². The average molecular weight is 343 g/mol. The summed E-state index contributed by atoms with van der Waals surface area (Å²) in [6.45, 7) is 0.306. The standard InChI is InChI=1S/C18H15F2N3O2/c19-14-3-6-17(16(20)9-14)25-11-18(24)22-15-4-1-13(2-5-15)10-23-8-7-21-12-23/h1-9,12H,10-11H2,(H,22,24). The number of hydrogen-bond donors (Lipinski definition) is 1. The second kappa shape index (κ2) is 7.57. The van der Waals surface area contributed by atoms with E-state index >= 15 is 0 Å². The molecule has 25 heavy (non-hydrogen) atoms. The van der Waals surface area contributed by atoms with Gasteiger partial charge in [-0.2, -0.15) is 0 Å². The van der Waals surface area contributed by atoms with E-state index in [1.165, 1.54) is 0 Å². The number of hydrogen-bond acceptors (Lipinski definition) is 3. The third-order valence-corrected chi connectivity index (χ3v) is 3.41. The van der Waals surface area contributed by atoms with Crippen LogP contribution in [-0.2, 0) is 11.3 Å². The van der Waals surface area contributed by atoms with Gasteiger partial charge < -0.3 is 14.6 Å². The molecule has 0 spiro atoms. The van der Waals surface area contributed by atoms with Crippen LogP contribution in [0.5, 0.6) is 5.75 Å². The number of imidazole rings is 1. The summed E-state index contributed by atoms with van der Waals surface area (Å²) < 4.78 is 33.2. The number of anilines is 1. The number of halogens is 2. The summed E-state index contributed by atoms with van der Waals surface area (Å²) >= 11 is 0. The molecular formula is C18H15F2N3O2. The predicted molar refractivity (Wildman–Crippen MR) is 88.3 cm³/mol. The number of rotatable bonds is 6. The molecule has 0 radical (unpaired) electrons. The highest BCUT2D eigenvalue weighted by atomic mass is 19.1. The van der Waals surface area contributed by atoms with Crippen LogP contribution in [0.2, 0.25) is 0 Å². The number of carbonyl (C=O) groups is 1. The van der Waals surface area contributed by atoms with Crippen molar-refractivity contribution in [1.29, 1.82) is 0 Å². The van der Waals surface area contributed by atoms with Crippen LogP contribution in [0.3, 0.4) is 0 Å². The lowest BCUT2D eigenvalue weighted by Crippen LogP contribution is -2.20. The number of aromatic nitrogens is 2. The van der Waals surface area contributed by atoms with Gasteiger partial charge in [-0.05, 0) is 29.8 Å². The molecule has 0 atom stereocenters. The van der Waals surface area contributed by atoms with Crippen LogP contribution in [0.15, 0.2) is 61.2 Å². The Labute approximate surface area is 142 Å². The molecule has 0 fully saturated rings. The van der Waals surface area contributed by atoms with E-state index in [-0.39, 0.29) is 12.4 Å². The van der Waals surface area contributed by atoms with Crippen molar-refractivity contribution in [2.75, 3.05) is 11.9 Å². The molecule has 3 rings (SSSR count). The number of benzene rings is 2. The molecule has 7 heteroatoms. The molecule has 0 aliphatic rings. The van der Waals surface area contributed by atoms with E-state index in [2.05, 4.69) is 10.3 Å². The van der Waals surface area contributed by atoms with E-state index in [1.54, 1.807) is 24.7 Å². The van der Waals surface area contributed by atoms with Gasteiger partial charge in [0.2, 0.25) is 0 Å². The topological polar surface area (TPSA) is 56.1 Å². The lowest BCUT2D eigenvalue weighted by Gasteiger charge is -2.09. The van der Waals surface area contributed by atoms with Gasteiger partial charge in [-0.25, -0.2) is 13.8 Å². The van der Waals surface area contributed by atoms with Crippen LogP contribution < -0.4 is 10.1 Å². The molecular weight excluding hydrogens is 328 g/mol. The molecule has 5 nitrogen and oxygen atoms in total. The molecule has 1 amide bonds. The Morgan fingerprint density at radius 3 is 2.64 bits per heavy atom. The van der Waals surface area contributed by atoms with Gasteiger partial charge in [0, 0.05) is 30.7 Å². The van der Waals surface area contributed by atoms with Gasteiger partial charge in [-0.3, -0.25) is 4.79 Å². The number of amides is 1. The first-order chi connectivity index (χ1) is 12.1. The van der Waals surface area contributed by atoms with Gasteiger partial charge >= 0.3 is 0 Å². The maximum atomic E-state index is 13.4. The van der Waals surface area contributed by atoms with Gasteiger partial charge in [-0.1, -0.05) is 12.1 Å². The molecule has 1 aromatic heterocycles. The van der Waals surface area contributed by atoms with Crippen molar-refractivity contribution < 1.29 is 18.3 Å². The van der Waals surface area contributed by atoms with Gasteiger partial charge in [0.15, 0.2) is 18.2 Å². The Kier molecular flexibility index (Phi) is 5.03. The second-order valence-electron chi connectivity index (χ2n) is 5.34. The third kappa shape index (κ3) is 4.63. The first kappa shape index (κ1) is 16.6. The minimum Gasteiger partial charge on any atom is -0.481 e. The molecule has 0 saturated carbocycles. The normalized spacial score (nSPS) is 10.5. The SMILES string of the molecule is O=C(COc1ccc(F)cc1F)Nc1ccc(Cn2ccnc2)cc1. The zero-order chi connectivity index (χ0) is 17.6. The zero-order valence-corrected chi connectivity index (χ0v) is 13.2. The minimum atomic E-state index is -0.850. The Morgan fingerprint density at radius 2 is 1.96 bits per heavy atom. The zero-order valence-electron chi connectivity index (χ0n) is 13.2. The van der Waals surface area contributed by atoms with Gasteiger partial charge in [0.25, 0.3) is 5.91 Å². The van der Waals surface area contributed by atoms with Gasteiger partial charge in [0.05, 0.1) is 6.33 Å². The van der Waals surface area contributed by atoms with E-state index in [4.69, 9.17) is 4.74 Å². The molecule has 0 unspecified atom stereocenters. The number of nitrogens with zero attached hydrogens (tertiary/aromatic N) is 2. The van der Waals surface area contributed by atoms with Crippen LogP contribution in [0.25, 0.3) is 0 Å². The monoisotopic (exact) mass is 343 g/mol. The highest BCUT2D eigenvalue weighted by Crippen LogP contribution is 2.17. The quantitative estimate of drug-likeness (QED) is 0.748. The smallest absolute Gasteiger partial charge is 0.262 e. The van der Waals surface area contributed by atoms with Crippen molar-refractivity contribution in [3.05, 3.63) is 78.4 Å². The number of ether oxygens (including phenoxy) is 1. The van der Waals surface area contributed by atoms with Crippen LogP contribution in [0.1, 0.15) is 5.56 Å². The molecule has 1 heterocycles. The van der Waals surface area contributed by atoms with E-state index in [9.17, 15) is 13.6 Å². The summed E-state index contributed by atoms with van der Waals surface area (Å²) in [5.74, 6) is -2.17. The Hall–Kier alpha value is -3.22. The maximum absolute atomic E-state index is 13.4. The third-order valence-electron chi connectivity index (χ3n) is 3.41. The fraction of sp³-hybridized carbons (Fsp3) is 0.111. The molecule has 0 saturated heterocycles. The van der Waals surface area contributed by atoms with Crippen molar-refractivity contribution in [2.45, 2.75) is 6.54 Å². The molecule has 1 N–H and O–H groups in total. The summed E-state index contributed by atoms with van der Waals surface area (Å²) in [7, 11) is 0. The van der Waals surface area contributed by atoms with E-state index < -0.39 is 17.5 Å². The molecule has 0 aliphatic heterocycles. The van der Waals surface area contributed by atoms with Gasteiger partial charge in [-0.15, -0.1) is 0 Å². The summed E-state index contributed by atoms with van der Waals surface area (Å²) in [4.78, 5) is 15.8. The molecule has 3 aromatic rings. The summed E-state index contributed by atoms with van der Waals surface area (Å²) in [5.41, 5.74) is 1.66. The number of carbonyl (C=O) groups excluding carboxylic acids is 1. The largest absolute Gasteiger partial charge is 0.481 e. The van der Waals surface area contributed by atoms with Crippen molar-refractivity contribution in [1.82, 2.24) is 9.55 Å². The van der Waals surface area contributed by atoms with E-state index in [1.807, 2.05) is 22.9 Å². The van der Waals surface area contributed by atoms with Gasteiger partial charge in [0.1, 0.15) is 5.82 Å². The Morgan fingerprint density at radius 1 is 1.16 bits per heavy atom. The highest BCUT2D eigenvalue weighted by Gasteiger charge is 2.08. The fourth-order valence-corrected chi connectivity index (χ4v) is 2.22. The van der Waals surface area contributed by atoms with Crippen LogP contribution in [-0.4, -0.2) is 22.1 Å².